The van der Waals surface area contributed by atoms with Gasteiger partial charge in [0.1, 0.15) is 6.04 Å². The molecule has 3 amide bonds. The lowest BCUT2D eigenvalue weighted by atomic mass is 9.76. The van der Waals surface area contributed by atoms with Crippen molar-refractivity contribution in [1.29, 1.82) is 0 Å². The second kappa shape index (κ2) is 7.51. The van der Waals surface area contributed by atoms with Gasteiger partial charge in [-0.1, -0.05) is 13.8 Å². The van der Waals surface area contributed by atoms with Gasteiger partial charge in [-0.3, -0.25) is 14.2 Å². The summed E-state index contributed by atoms with van der Waals surface area (Å²) in [5.41, 5.74) is 1.81. The molecule has 0 spiro atoms. The fourth-order valence-electron chi connectivity index (χ4n) is 3.95. The Morgan fingerprint density at radius 1 is 1.44 bits per heavy atom. The van der Waals surface area contributed by atoms with Gasteiger partial charge in [0.05, 0.1) is 12.6 Å². The molecule has 3 atom stereocenters. The molecule has 3 aliphatic heterocycles. The van der Waals surface area contributed by atoms with Crippen LogP contribution in [-0.4, -0.2) is 73.2 Å². The van der Waals surface area contributed by atoms with Crippen LogP contribution in [0.5, 0.6) is 0 Å². The van der Waals surface area contributed by atoms with E-state index in [4.69, 9.17) is 9.39 Å². The predicted octanol–water partition coefficient (Wildman–Crippen LogP) is -0.327. The number of rotatable bonds is 6. The van der Waals surface area contributed by atoms with E-state index in [0.717, 1.165) is 25.9 Å². The molecular weight excluding hydrogens is 380 g/mol. The van der Waals surface area contributed by atoms with E-state index < -0.39 is 39.8 Å². The maximum atomic E-state index is 12.6. The van der Waals surface area contributed by atoms with Gasteiger partial charge in [0.15, 0.2) is 0 Å². The number of nitrogens with one attached hydrogen (secondary N) is 2. The number of hydrogen-bond donors (Lipinski definition) is 3. The zero-order chi connectivity index (χ0) is 19.8. The van der Waals surface area contributed by atoms with Crippen molar-refractivity contribution in [2.75, 3.05) is 26.2 Å². The molecule has 0 radical (unpaired) electrons. The summed E-state index contributed by atoms with van der Waals surface area (Å²) >= 11 is 0. The molecular formula is C15H26N4O7S. The Bertz CT molecular complexity index is 692. The summed E-state index contributed by atoms with van der Waals surface area (Å²) < 4.78 is 35.5. The highest BCUT2D eigenvalue weighted by Crippen LogP contribution is 2.42. The van der Waals surface area contributed by atoms with Crippen molar-refractivity contribution in [1.82, 2.24) is 20.8 Å². The molecule has 3 N–H and O–H groups in total. The third-order valence-corrected chi connectivity index (χ3v) is 5.80. The van der Waals surface area contributed by atoms with E-state index in [1.54, 1.807) is 0 Å². The monoisotopic (exact) mass is 406 g/mol. The van der Waals surface area contributed by atoms with E-state index in [-0.39, 0.29) is 6.54 Å². The third kappa shape index (κ3) is 4.51. The van der Waals surface area contributed by atoms with E-state index in [2.05, 4.69) is 15.1 Å². The Balaban J connectivity index is 1.62. The minimum Gasteiger partial charge on any atom is -0.316 e. The van der Waals surface area contributed by atoms with Crippen LogP contribution < -0.4 is 10.8 Å². The lowest BCUT2D eigenvalue weighted by Gasteiger charge is -2.40. The molecule has 3 rings (SSSR count). The number of amides is 3. The van der Waals surface area contributed by atoms with Crippen molar-refractivity contribution in [3.8, 4) is 0 Å². The average molecular weight is 406 g/mol. The summed E-state index contributed by atoms with van der Waals surface area (Å²) in [6.07, 6.45) is 2.38. The van der Waals surface area contributed by atoms with Crippen LogP contribution in [0.3, 0.4) is 0 Å². The van der Waals surface area contributed by atoms with Gasteiger partial charge in [-0.25, -0.2) is 10.3 Å². The van der Waals surface area contributed by atoms with Gasteiger partial charge in [0, 0.05) is 13.1 Å². The molecule has 3 saturated heterocycles. The van der Waals surface area contributed by atoms with Crippen LogP contribution in [0.15, 0.2) is 0 Å². The first-order valence-electron chi connectivity index (χ1n) is 8.98. The fourth-order valence-corrected chi connectivity index (χ4v) is 4.32. The predicted molar refractivity (Wildman–Crippen MR) is 92.2 cm³/mol. The van der Waals surface area contributed by atoms with Gasteiger partial charge < -0.3 is 10.2 Å². The number of carbonyl (C=O) groups is 2. The lowest BCUT2D eigenvalue weighted by Crippen LogP contribution is -2.54. The van der Waals surface area contributed by atoms with Gasteiger partial charge in [-0.2, -0.15) is 13.5 Å². The number of hydrogen-bond acceptors (Lipinski definition) is 7. The smallest absolute Gasteiger partial charge is 0.316 e. The molecule has 3 fully saturated rings. The minimum absolute atomic E-state index is 0.117. The Labute approximate surface area is 158 Å². The second-order valence-corrected chi connectivity index (χ2v) is 8.98. The van der Waals surface area contributed by atoms with Crippen molar-refractivity contribution in [3.05, 3.63) is 0 Å². The first kappa shape index (κ1) is 20.3. The molecule has 0 aromatic heterocycles. The minimum atomic E-state index is -4.85. The Kier molecular flexibility index (Phi) is 5.64. The van der Waals surface area contributed by atoms with Crippen LogP contribution in [0.4, 0.5) is 4.79 Å². The second-order valence-electron chi connectivity index (χ2n) is 7.98. The zero-order valence-corrected chi connectivity index (χ0v) is 16.2. The number of urea groups is 1. The number of carbonyl (C=O) groups excluding carboxylic acids is 2. The van der Waals surface area contributed by atoms with Crippen LogP contribution in [0.2, 0.25) is 0 Å². The molecule has 0 aromatic carbocycles. The van der Waals surface area contributed by atoms with Crippen molar-refractivity contribution < 1.29 is 31.7 Å². The summed E-state index contributed by atoms with van der Waals surface area (Å²) in [6, 6.07) is -2.20. The molecule has 3 heterocycles. The van der Waals surface area contributed by atoms with E-state index in [9.17, 15) is 18.0 Å². The molecule has 0 saturated carbocycles. The number of nitrogens with zero attached hydrogens (tertiary/aromatic N) is 2. The molecule has 3 aliphatic rings. The molecule has 2 bridgehead atoms. The van der Waals surface area contributed by atoms with Gasteiger partial charge in [0.25, 0.3) is 5.91 Å². The Morgan fingerprint density at radius 3 is 2.81 bits per heavy atom. The van der Waals surface area contributed by atoms with Crippen LogP contribution >= 0.6 is 0 Å². The van der Waals surface area contributed by atoms with Crippen LogP contribution in [-0.2, 0) is 24.3 Å². The van der Waals surface area contributed by atoms with Gasteiger partial charge in [0.2, 0.25) is 0 Å². The lowest BCUT2D eigenvalue weighted by molar-refractivity contribution is -0.142. The molecule has 0 aromatic rings. The van der Waals surface area contributed by atoms with Crippen LogP contribution in [0.25, 0.3) is 0 Å². The maximum Gasteiger partial charge on any atom is 0.418 e. The van der Waals surface area contributed by atoms with Gasteiger partial charge in [-0.15, -0.1) is 4.28 Å². The first-order chi connectivity index (χ1) is 12.6. The van der Waals surface area contributed by atoms with E-state index in [1.165, 1.54) is 4.90 Å². The topological polar surface area (TPSA) is 138 Å². The normalized spacial score (nSPS) is 30.5. The number of piperidine rings is 2. The molecule has 3 unspecified atom stereocenters. The summed E-state index contributed by atoms with van der Waals surface area (Å²) in [4.78, 5) is 31.7. The van der Waals surface area contributed by atoms with E-state index in [1.807, 2.05) is 13.8 Å². The average Bonchev–Trinajstić information content (AvgIpc) is 2.86. The molecule has 11 nitrogen and oxygen atoms in total. The van der Waals surface area contributed by atoms with Crippen molar-refractivity contribution in [2.24, 2.45) is 11.3 Å². The Hall–Kier alpha value is -1.47. The van der Waals surface area contributed by atoms with Crippen LogP contribution in [0.1, 0.15) is 33.1 Å². The summed E-state index contributed by atoms with van der Waals surface area (Å²) in [5, 5.41) is 3.90. The van der Waals surface area contributed by atoms with Crippen molar-refractivity contribution in [3.63, 3.8) is 0 Å². The van der Waals surface area contributed by atoms with Gasteiger partial charge in [-0.05, 0) is 37.1 Å². The molecule has 154 valence electrons. The van der Waals surface area contributed by atoms with Gasteiger partial charge >= 0.3 is 16.4 Å². The maximum absolute atomic E-state index is 12.6. The summed E-state index contributed by atoms with van der Waals surface area (Å²) in [5.74, 6) is -0.148. The van der Waals surface area contributed by atoms with Crippen molar-refractivity contribution >= 4 is 22.3 Å². The van der Waals surface area contributed by atoms with Crippen molar-refractivity contribution in [2.45, 2.75) is 45.2 Å². The Morgan fingerprint density at radius 2 is 2.19 bits per heavy atom. The molecule has 12 heteroatoms. The highest BCUT2D eigenvalue weighted by molar-refractivity contribution is 7.80. The standard InChI is InChI=1S/C15H26N4O7S/c1-15(2)6-11(13(20)17-25-9-10-4-3-5-16-7-10)18-8-12(15)19(14(18)21)26-27(22,23)24/h10-12,16H,3-9H2,1-2H3,(H,17,20)(H,22,23,24). The molecule has 0 aliphatic carbocycles. The van der Waals surface area contributed by atoms with E-state index >= 15 is 0 Å². The number of fused-ring (bicyclic) bond motifs is 2. The SMILES string of the molecule is CC1(C)CC(C(=O)NOCC2CCCNC2)N2CC1N(OS(=O)(=O)O)C2=O. The highest BCUT2D eigenvalue weighted by Gasteiger charge is 2.56. The number of hydroxylamine groups is 3. The highest BCUT2D eigenvalue weighted by atomic mass is 32.3. The largest absolute Gasteiger partial charge is 0.418 e. The van der Waals surface area contributed by atoms with E-state index in [0.29, 0.717) is 24.0 Å². The quantitative estimate of drug-likeness (QED) is 0.403. The summed E-state index contributed by atoms with van der Waals surface area (Å²) in [6.45, 7) is 5.93. The summed E-state index contributed by atoms with van der Waals surface area (Å²) in [7, 11) is -4.85. The molecule has 27 heavy (non-hydrogen) atoms. The van der Waals surface area contributed by atoms with Crippen LogP contribution in [0, 0.1) is 11.3 Å². The third-order valence-electron chi connectivity index (χ3n) is 5.45. The first-order valence-corrected chi connectivity index (χ1v) is 10.3. The zero-order valence-electron chi connectivity index (χ0n) is 15.4. The fraction of sp³-hybridized carbons (Fsp3) is 0.867.